The molecule has 5 rings (SSSR count). The molecule has 2 heterocycles. The Labute approximate surface area is 171 Å². The first-order valence-electron chi connectivity index (χ1n) is 10.4. The molecule has 28 heavy (non-hydrogen) atoms. The van der Waals surface area contributed by atoms with E-state index in [1.54, 1.807) is 0 Å². The minimum Gasteiger partial charge on any atom is -0.472 e. The third kappa shape index (κ3) is 3.18. The van der Waals surface area contributed by atoms with E-state index < -0.39 is 0 Å². The molecule has 148 valence electrons. The van der Waals surface area contributed by atoms with Crippen LogP contribution in [0, 0.1) is 5.92 Å². The summed E-state index contributed by atoms with van der Waals surface area (Å²) in [7, 11) is 0. The first-order valence-corrected chi connectivity index (χ1v) is 10.8. The first kappa shape index (κ1) is 18.3. The van der Waals surface area contributed by atoms with Gasteiger partial charge in [-0.3, -0.25) is 4.90 Å². The van der Waals surface area contributed by atoms with Crippen LogP contribution < -0.4 is 10.1 Å². The second kappa shape index (κ2) is 7.58. The Morgan fingerprint density at radius 3 is 2.68 bits per heavy atom. The number of hydrogen-bond acceptors (Lipinski definition) is 4. The monoisotopic (exact) mass is 398 g/mol. The molecule has 1 saturated heterocycles. The van der Waals surface area contributed by atoms with E-state index >= 15 is 0 Å². The summed E-state index contributed by atoms with van der Waals surface area (Å²) in [6, 6.07) is 16.7. The summed E-state index contributed by atoms with van der Waals surface area (Å²) in [6.45, 7) is 3.42. The van der Waals surface area contributed by atoms with Crippen molar-refractivity contribution in [1.29, 1.82) is 0 Å². The van der Waals surface area contributed by atoms with Gasteiger partial charge in [0.05, 0.1) is 19.3 Å². The fourth-order valence-corrected chi connectivity index (χ4v) is 5.44. The number of anilines is 1. The number of rotatable bonds is 3. The first-order chi connectivity index (χ1) is 13.8. The Balaban J connectivity index is 1.59. The van der Waals surface area contributed by atoms with E-state index in [0.29, 0.717) is 5.92 Å². The van der Waals surface area contributed by atoms with Crippen LogP contribution in [-0.2, 0) is 4.74 Å². The Hall–Kier alpha value is -1.75. The van der Waals surface area contributed by atoms with Crippen molar-refractivity contribution in [3.05, 3.63) is 59.1 Å². The molecule has 2 aliphatic heterocycles. The molecule has 0 bridgehead atoms. The normalized spacial score (nSPS) is 30.0. The van der Waals surface area contributed by atoms with Gasteiger partial charge in [0.1, 0.15) is 5.75 Å². The zero-order valence-corrected chi connectivity index (χ0v) is 16.8. The van der Waals surface area contributed by atoms with Crippen molar-refractivity contribution in [1.82, 2.24) is 4.90 Å². The third-order valence-electron chi connectivity index (χ3n) is 6.52. The molecule has 2 aromatic carbocycles. The molecule has 1 saturated carbocycles. The second-order valence-corrected chi connectivity index (χ2v) is 8.51. The smallest absolute Gasteiger partial charge is 0.168 e. The predicted molar refractivity (Wildman–Crippen MR) is 112 cm³/mol. The maximum atomic E-state index is 6.86. The fourth-order valence-electron chi connectivity index (χ4n) is 5.26. The molecule has 4 nitrogen and oxygen atoms in total. The number of halogens is 1. The summed E-state index contributed by atoms with van der Waals surface area (Å²) < 4.78 is 12.5. The molecule has 2 aromatic rings. The Bertz CT molecular complexity index is 825. The van der Waals surface area contributed by atoms with E-state index in [2.05, 4.69) is 46.6 Å². The van der Waals surface area contributed by atoms with Gasteiger partial charge in [0.25, 0.3) is 0 Å². The SMILES string of the molecule is Clc1ccc2c(c1)C(Nc1ccccc1)C1CCCCC1(N1CCOCC1)O2. The number of para-hydroxylation sites is 1. The van der Waals surface area contributed by atoms with Crippen LogP contribution >= 0.6 is 11.6 Å². The van der Waals surface area contributed by atoms with Gasteiger partial charge in [-0.25, -0.2) is 0 Å². The molecule has 3 unspecified atom stereocenters. The van der Waals surface area contributed by atoms with Gasteiger partial charge in [-0.1, -0.05) is 36.2 Å². The Kier molecular flexibility index (Phi) is 4.95. The van der Waals surface area contributed by atoms with Gasteiger partial charge in [-0.2, -0.15) is 0 Å². The van der Waals surface area contributed by atoms with Crippen LogP contribution in [0.15, 0.2) is 48.5 Å². The lowest BCUT2D eigenvalue weighted by Gasteiger charge is -2.56. The van der Waals surface area contributed by atoms with Gasteiger partial charge in [0.15, 0.2) is 5.72 Å². The number of benzene rings is 2. The van der Waals surface area contributed by atoms with Crippen LogP contribution in [0.25, 0.3) is 0 Å². The summed E-state index contributed by atoms with van der Waals surface area (Å²) >= 11 is 6.39. The highest BCUT2D eigenvalue weighted by molar-refractivity contribution is 6.30. The number of morpholine rings is 1. The van der Waals surface area contributed by atoms with Crippen molar-refractivity contribution in [2.75, 3.05) is 31.6 Å². The van der Waals surface area contributed by atoms with Crippen LogP contribution in [0.4, 0.5) is 5.69 Å². The average Bonchev–Trinajstić information content (AvgIpc) is 2.75. The third-order valence-corrected chi connectivity index (χ3v) is 6.75. The molecular formula is C23H27ClN2O2. The van der Waals surface area contributed by atoms with E-state index in [4.69, 9.17) is 21.1 Å². The minimum absolute atomic E-state index is 0.174. The van der Waals surface area contributed by atoms with E-state index in [-0.39, 0.29) is 11.8 Å². The predicted octanol–water partition coefficient (Wildman–Crippen LogP) is 5.10. The molecule has 0 radical (unpaired) electrons. The van der Waals surface area contributed by atoms with Crippen molar-refractivity contribution in [2.24, 2.45) is 5.92 Å². The number of nitrogens with zero attached hydrogens (tertiary/aromatic N) is 1. The highest BCUT2D eigenvalue weighted by Gasteiger charge is 2.54. The molecule has 3 aliphatic rings. The lowest BCUT2D eigenvalue weighted by atomic mass is 9.71. The number of nitrogens with one attached hydrogen (secondary N) is 1. The molecule has 3 atom stereocenters. The zero-order valence-electron chi connectivity index (χ0n) is 16.1. The molecule has 5 heteroatoms. The molecular weight excluding hydrogens is 372 g/mol. The van der Waals surface area contributed by atoms with Crippen molar-refractivity contribution in [3.8, 4) is 5.75 Å². The minimum atomic E-state index is -0.269. The molecule has 1 aliphatic carbocycles. The maximum absolute atomic E-state index is 6.86. The Morgan fingerprint density at radius 1 is 1.04 bits per heavy atom. The second-order valence-electron chi connectivity index (χ2n) is 8.07. The van der Waals surface area contributed by atoms with Crippen molar-refractivity contribution in [3.63, 3.8) is 0 Å². The summed E-state index contributed by atoms with van der Waals surface area (Å²) in [6.07, 6.45) is 4.65. The van der Waals surface area contributed by atoms with Gasteiger partial charge in [-0.05, 0) is 43.2 Å². The van der Waals surface area contributed by atoms with E-state index in [1.165, 1.54) is 18.4 Å². The quantitative estimate of drug-likeness (QED) is 0.779. The molecule has 0 amide bonds. The highest BCUT2D eigenvalue weighted by Crippen LogP contribution is 2.53. The lowest BCUT2D eigenvalue weighted by Crippen LogP contribution is -2.65. The lowest BCUT2D eigenvalue weighted by molar-refractivity contribution is -0.184. The summed E-state index contributed by atoms with van der Waals surface area (Å²) in [5.41, 5.74) is 2.05. The van der Waals surface area contributed by atoms with Crippen molar-refractivity contribution < 1.29 is 9.47 Å². The number of fused-ring (bicyclic) bond motifs is 2. The van der Waals surface area contributed by atoms with Crippen molar-refractivity contribution in [2.45, 2.75) is 37.5 Å². The van der Waals surface area contributed by atoms with Gasteiger partial charge >= 0.3 is 0 Å². The van der Waals surface area contributed by atoms with Gasteiger partial charge in [0.2, 0.25) is 0 Å². The van der Waals surface area contributed by atoms with E-state index in [0.717, 1.165) is 55.6 Å². The van der Waals surface area contributed by atoms with Crippen molar-refractivity contribution >= 4 is 17.3 Å². The molecule has 2 fully saturated rings. The van der Waals surface area contributed by atoms with Crippen LogP contribution in [0.1, 0.15) is 37.3 Å². The standard InChI is InChI=1S/C23H27ClN2O2/c24-17-9-10-21-19(16-17)22(25-18-6-2-1-3-7-18)20-8-4-5-11-23(20,28-21)26-12-14-27-15-13-26/h1-3,6-7,9-10,16,20,22,25H,4-5,8,11-15H2. The van der Waals surface area contributed by atoms with Gasteiger partial charge < -0.3 is 14.8 Å². The summed E-state index contributed by atoms with van der Waals surface area (Å²) in [5.74, 6) is 1.33. The van der Waals surface area contributed by atoms with E-state index in [1.807, 2.05) is 12.1 Å². The number of hydrogen-bond donors (Lipinski definition) is 1. The van der Waals surface area contributed by atoms with Crippen LogP contribution in [0.2, 0.25) is 5.02 Å². The number of ether oxygens (including phenoxy) is 2. The van der Waals surface area contributed by atoms with E-state index in [9.17, 15) is 0 Å². The van der Waals surface area contributed by atoms with Gasteiger partial charge in [-0.15, -0.1) is 0 Å². The Morgan fingerprint density at radius 2 is 1.86 bits per heavy atom. The molecule has 1 N–H and O–H groups in total. The maximum Gasteiger partial charge on any atom is 0.168 e. The summed E-state index contributed by atoms with van der Waals surface area (Å²) in [4.78, 5) is 2.54. The topological polar surface area (TPSA) is 33.7 Å². The average molecular weight is 399 g/mol. The van der Waals surface area contributed by atoms with Crippen LogP contribution in [-0.4, -0.2) is 36.9 Å². The molecule has 0 spiro atoms. The largest absolute Gasteiger partial charge is 0.472 e. The van der Waals surface area contributed by atoms with Crippen LogP contribution in [0.5, 0.6) is 5.75 Å². The zero-order chi connectivity index (χ0) is 19.0. The van der Waals surface area contributed by atoms with Crippen LogP contribution in [0.3, 0.4) is 0 Å². The summed E-state index contributed by atoms with van der Waals surface area (Å²) in [5, 5.41) is 4.59. The highest BCUT2D eigenvalue weighted by atomic mass is 35.5. The van der Waals surface area contributed by atoms with Gasteiger partial charge in [0, 0.05) is 41.7 Å². The fraction of sp³-hybridized carbons (Fsp3) is 0.478. The molecule has 0 aromatic heterocycles.